The highest BCUT2D eigenvalue weighted by molar-refractivity contribution is 6.33. The average molecular weight is 363 g/mol. The summed E-state index contributed by atoms with van der Waals surface area (Å²) in [7, 11) is 0. The first kappa shape index (κ1) is 18.3. The average Bonchev–Trinajstić information content (AvgIpc) is 2.64. The number of benzene rings is 1. The Labute approximate surface area is 155 Å². The van der Waals surface area contributed by atoms with Crippen LogP contribution in [0, 0.1) is 0 Å². The molecule has 5 heteroatoms. The van der Waals surface area contributed by atoms with Gasteiger partial charge in [-0.05, 0) is 44.2 Å². The molecule has 3 rings (SSSR count). The number of anilines is 1. The zero-order chi connectivity index (χ0) is 17.5. The van der Waals surface area contributed by atoms with Crippen LogP contribution in [0.15, 0.2) is 35.9 Å². The van der Waals surface area contributed by atoms with Gasteiger partial charge in [-0.1, -0.05) is 35.4 Å². The third kappa shape index (κ3) is 5.48. The van der Waals surface area contributed by atoms with Gasteiger partial charge in [0.05, 0.1) is 36.9 Å². The molecule has 1 heterocycles. The number of para-hydroxylation sites is 1. The summed E-state index contributed by atoms with van der Waals surface area (Å²) >= 11 is 6.28. The van der Waals surface area contributed by atoms with Gasteiger partial charge in [-0.3, -0.25) is 4.79 Å². The molecule has 0 saturated carbocycles. The van der Waals surface area contributed by atoms with Crippen molar-refractivity contribution in [3.63, 3.8) is 0 Å². The second-order valence-electron chi connectivity index (χ2n) is 7.07. The Morgan fingerprint density at radius 1 is 1.20 bits per heavy atom. The van der Waals surface area contributed by atoms with Crippen LogP contribution in [0.5, 0.6) is 0 Å². The van der Waals surface area contributed by atoms with Crippen LogP contribution in [0.2, 0.25) is 5.02 Å². The maximum Gasteiger partial charge on any atom is 0.275 e. The normalized spacial score (nSPS) is 18.8. The van der Waals surface area contributed by atoms with Crippen molar-refractivity contribution in [2.75, 3.05) is 44.2 Å². The number of piperazine rings is 1. The molecule has 0 spiro atoms. The summed E-state index contributed by atoms with van der Waals surface area (Å²) in [6.45, 7) is 5.20. The first-order valence-corrected chi connectivity index (χ1v) is 9.88. The van der Waals surface area contributed by atoms with E-state index in [1.807, 2.05) is 18.2 Å². The molecule has 0 atom stereocenters. The lowest BCUT2D eigenvalue weighted by Gasteiger charge is -2.33. The molecule has 2 aliphatic rings. The molecule has 136 valence electrons. The standard InChI is InChI=1S/C20H28ClN3O/c21-18-8-4-5-9-19(18)24-14-12-23(13-15-24)16-20(25)22-11-10-17-6-2-1-3-7-17/h4-6,8-9H,1-3,7,10-16H2,(H,22,25)/p+1. The summed E-state index contributed by atoms with van der Waals surface area (Å²) in [6.07, 6.45) is 8.42. The van der Waals surface area contributed by atoms with Crippen LogP contribution in [-0.4, -0.2) is 45.2 Å². The Hall–Kier alpha value is -1.52. The molecule has 1 aromatic rings. The van der Waals surface area contributed by atoms with Gasteiger partial charge in [0.2, 0.25) is 0 Å². The number of nitrogens with one attached hydrogen (secondary N) is 2. The summed E-state index contributed by atoms with van der Waals surface area (Å²) in [6, 6.07) is 7.99. The van der Waals surface area contributed by atoms with Gasteiger partial charge in [0, 0.05) is 6.54 Å². The Morgan fingerprint density at radius 3 is 2.72 bits per heavy atom. The molecule has 0 radical (unpaired) electrons. The van der Waals surface area contributed by atoms with Crippen LogP contribution >= 0.6 is 11.6 Å². The van der Waals surface area contributed by atoms with Crippen molar-refractivity contribution in [2.45, 2.75) is 32.1 Å². The number of amides is 1. The highest BCUT2D eigenvalue weighted by atomic mass is 35.5. The fraction of sp³-hybridized carbons (Fsp3) is 0.550. The molecule has 0 bridgehead atoms. The molecule has 1 amide bonds. The number of quaternary nitrogens is 1. The lowest BCUT2D eigenvalue weighted by molar-refractivity contribution is -0.892. The van der Waals surface area contributed by atoms with Gasteiger partial charge < -0.3 is 15.1 Å². The van der Waals surface area contributed by atoms with E-state index in [-0.39, 0.29) is 5.91 Å². The third-order valence-electron chi connectivity index (χ3n) is 5.23. The molecule has 25 heavy (non-hydrogen) atoms. The molecule has 4 nitrogen and oxygen atoms in total. The number of hydrogen-bond donors (Lipinski definition) is 2. The second-order valence-corrected chi connectivity index (χ2v) is 7.48. The van der Waals surface area contributed by atoms with Crippen LogP contribution in [0.25, 0.3) is 0 Å². The van der Waals surface area contributed by atoms with E-state index in [0.717, 1.165) is 49.9 Å². The monoisotopic (exact) mass is 362 g/mol. The van der Waals surface area contributed by atoms with E-state index >= 15 is 0 Å². The number of hydrogen-bond acceptors (Lipinski definition) is 2. The molecule has 1 aromatic carbocycles. The molecule has 0 unspecified atom stereocenters. The van der Waals surface area contributed by atoms with Gasteiger partial charge in [0.15, 0.2) is 6.54 Å². The van der Waals surface area contributed by atoms with Crippen LogP contribution in [-0.2, 0) is 4.79 Å². The van der Waals surface area contributed by atoms with Crippen LogP contribution < -0.4 is 15.1 Å². The van der Waals surface area contributed by atoms with Crippen molar-refractivity contribution >= 4 is 23.2 Å². The molecular weight excluding hydrogens is 334 g/mol. The fourth-order valence-corrected chi connectivity index (χ4v) is 3.99. The first-order valence-electron chi connectivity index (χ1n) is 9.50. The van der Waals surface area contributed by atoms with Crippen molar-refractivity contribution in [3.05, 3.63) is 40.9 Å². The van der Waals surface area contributed by atoms with Gasteiger partial charge in [-0.15, -0.1) is 0 Å². The molecular formula is C20H29ClN3O+. The molecule has 1 aliphatic heterocycles. The van der Waals surface area contributed by atoms with E-state index in [4.69, 9.17) is 11.6 Å². The minimum Gasteiger partial charge on any atom is -0.359 e. The molecule has 0 aromatic heterocycles. The quantitative estimate of drug-likeness (QED) is 0.760. The highest BCUT2D eigenvalue weighted by Crippen LogP contribution is 2.24. The Balaban J connectivity index is 1.36. The molecule has 1 saturated heterocycles. The fourth-order valence-electron chi connectivity index (χ4n) is 3.73. The van der Waals surface area contributed by atoms with Crippen LogP contribution in [0.4, 0.5) is 5.69 Å². The number of nitrogens with zero attached hydrogens (tertiary/aromatic N) is 1. The number of allylic oxidation sites excluding steroid dienone is 1. The predicted octanol–water partition coefficient (Wildman–Crippen LogP) is 2.05. The number of carbonyl (C=O) groups excluding carboxylic acids is 1. The Kier molecular flexibility index (Phi) is 6.76. The second kappa shape index (κ2) is 9.25. The van der Waals surface area contributed by atoms with Gasteiger partial charge in [0.1, 0.15) is 0 Å². The SMILES string of the molecule is O=C(C[NH+]1CCN(c2ccccc2Cl)CC1)NCCC1=CCCCC1. The third-order valence-corrected chi connectivity index (χ3v) is 5.55. The van der Waals surface area contributed by atoms with Crippen molar-refractivity contribution in [3.8, 4) is 0 Å². The molecule has 1 fully saturated rings. The van der Waals surface area contributed by atoms with Crippen molar-refractivity contribution in [2.24, 2.45) is 0 Å². The van der Waals surface area contributed by atoms with E-state index in [9.17, 15) is 4.79 Å². The Bertz CT molecular complexity index is 609. The van der Waals surface area contributed by atoms with E-state index in [1.165, 1.54) is 36.2 Å². The summed E-state index contributed by atoms with van der Waals surface area (Å²) in [5.74, 6) is 0.178. The predicted molar refractivity (Wildman–Crippen MR) is 103 cm³/mol. The van der Waals surface area contributed by atoms with Crippen molar-refractivity contribution in [1.29, 1.82) is 0 Å². The lowest BCUT2D eigenvalue weighted by Crippen LogP contribution is -3.16. The zero-order valence-electron chi connectivity index (χ0n) is 14.9. The summed E-state index contributed by atoms with van der Waals surface area (Å²) in [5, 5.41) is 3.90. The van der Waals surface area contributed by atoms with Crippen molar-refractivity contribution < 1.29 is 9.69 Å². The van der Waals surface area contributed by atoms with E-state index in [0.29, 0.717) is 6.54 Å². The van der Waals surface area contributed by atoms with Crippen LogP contribution in [0.1, 0.15) is 32.1 Å². The van der Waals surface area contributed by atoms with Gasteiger partial charge in [-0.2, -0.15) is 0 Å². The number of halogens is 1. The largest absolute Gasteiger partial charge is 0.359 e. The van der Waals surface area contributed by atoms with Gasteiger partial charge in [0.25, 0.3) is 5.91 Å². The van der Waals surface area contributed by atoms with E-state index in [1.54, 1.807) is 0 Å². The van der Waals surface area contributed by atoms with Crippen LogP contribution in [0.3, 0.4) is 0 Å². The molecule has 1 aliphatic carbocycles. The van der Waals surface area contributed by atoms with Crippen molar-refractivity contribution in [1.82, 2.24) is 5.32 Å². The smallest absolute Gasteiger partial charge is 0.275 e. The maximum absolute atomic E-state index is 12.2. The van der Waals surface area contributed by atoms with E-state index < -0.39 is 0 Å². The van der Waals surface area contributed by atoms with E-state index in [2.05, 4.69) is 22.4 Å². The van der Waals surface area contributed by atoms with Gasteiger partial charge >= 0.3 is 0 Å². The topological polar surface area (TPSA) is 36.8 Å². The molecule has 2 N–H and O–H groups in total. The minimum atomic E-state index is 0.178. The lowest BCUT2D eigenvalue weighted by atomic mass is 9.97. The number of carbonyl (C=O) groups is 1. The van der Waals surface area contributed by atoms with Gasteiger partial charge in [-0.25, -0.2) is 0 Å². The number of rotatable bonds is 6. The highest BCUT2D eigenvalue weighted by Gasteiger charge is 2.23. The zero-order valence-corrected chi connectivity index (χ0v) is 15.7. The summed E-state index contributed by atoms with van der Waals surface area (Å²) in [5.41, 5.74) is 2.63. The Morgan fingerprint density at radius 2 is 2.00 bits per heavy atom. The minimum absolute atomic E-state index is 0.178. The summed E-state index contributed by atoms with van der Waals surface area (Å²) < 4.78 is 0. The maximum atomic E-state index is 12.2. The first-order chi connectivity index (χ1) is 12.2. The summed E-state index contributed by atoms with van der Waals surface area (Å²) in [4.78, 5) is 15.9.